The summed E-state index contributed by atoms with van der Waals surface area (Å²) >= 11 is 5.76. The van der Waals surface area contributed by atoms with Crippen LogP contribution in [0.25, 0.3) is 0 Å². The Morgan fingerprint density at radius 2 is 2.28 bits per heavy atom. The van der Waals surface area contributed by atoms with E-state index in [1.165, 1.54) is 0 Å². The Balaban J connectivity index is 2.80. The first-order chi connectivity index (χ1) is 8.52. The molecular weight excluding hydrogens is 254 g/mol. The summed E-state index contributed by atoms with van der Waals surface area (Å²) in [6.45, 7) is 7.17. The van der Waals surface area contributed by atoms with Gasteiger partial charge in [0.2, 0.25) is 5.28 Å². The van der Waals surface area contributed by atoms with E-state index in [1.807, 2.05) is 4.90 Å². The summed E-state index contributed by atoms with van der Waals surface area (Å²) in [5, 5.41) is 0.171. The number of nitrogens with zero attached hydrogens (tertiary/aromatic N) is 3. The largest absolute Gasteiger partial charge is 0.465 e. The number of halogens is 1. The molecule has 0 aliphatic carbocycles. The highest BCUT2D eigenvalue weighted by molar-refractivity contribution is 6.28. The second-order valence-corrected chi connectivity index (χ2v) is 4.60. The van der Waals surface area contributed by atoms with Crippen LogP contribution in [0.4, 0.5) is 5.82 Å². The topological polar surface area (TPSA) is 55.3 Å². The number of esters is 1. The summed E-state index contributed by atoms with van der Waals surface area (Å²) < 4.78 is 4.95. The van der Waals surface area contributed by atoms with Crippen molar-refractivity contribution in [2.75, 3.05) is 24.6 Å². The van der Waals surface area contributed by atoms with E-state index in [0.717, 1.165) is 0 Å². The molecule has 0 unspecified atom stereocenters. The van der Waals surface area contributed by atoms with E-state index < -0.39 is 0 Å². The first kappa shape index (κ1) is 14.7. The molecule has 18 heavy (non-hydrogen) atoms. The molecule has 0 bridgehead atoms. The minimum absolute atomic E-state index is 0.166. The Bertz CT molecular complexity index is 399. The van der Waals surface area contributed by atoms with Crippen LogP contribution in [0.1, 0.15) is 20.8 Å². The lowest BCUT2D eigenvalue weighted by molar-refractivity contribution is -0.141. The average Bonchev–Trinajstić information content (AvgIpc) is 2.28. The number of aromatic nitrogens is 2. The zero-order valence-electron chi connectivity index (χ0n) is 10.9. The van der Waals surface area contributed by atoms with Crippen molar-refractivity contribution in [3.05, 3.63) is 17.5 Å². The van der Waals surface area contributed by atoms with Crippen LogP contribution >= 0.6 is 11.6 Å². The molecular formula is C12H18ClN3O2. The molecule has 0 N–H and O–H groups in total. The van der Waals surface area contributed by atoms with Crippen LogP contribution in [0.5, 0.6) is 0 Å². The van der Waals surface area contributed by atoms with Crippen molar-refractivity contribution in [1.82, 2.24) is 9.97 Å². The fraction of sp³-hybridized carbons (Fsp3) is 0.583. The zero-order valence-corrected chi connectivity index (χ0v) is 11.6. The number of carbonyl (C=O) groups excluding carboxylic acids is 1. The maximum Gasteiger partial charge on any atom is 0.325 e. The molecule has 0 saturated heterocycles. The summed E-state index contributed by atoms with van der Waals surface area (Å²) in [7, 11) is 0. The highest BCUT2D eigenvalue weighted by Crippen LogP contribution is 2.14. The fourth-order valence-electron chi connectivity index (χ4n) is 1.54. The third-order valence-electron chi connectivity index (χ3n) is 2.15. The van der Waals surface area contributed by atoms with Crippen LogP contribution in [0.2, 0.25) is 5.28 Å². The fourth-order valence-corrected chi connectivity index (χ4v) is 1.69. The minimum Gasteiger partial charge on any atom is -0.465 e. The Kier molecular flexibility index (Phi) is 5.85. The third kappa shape index (κ3) is 4.87. The highest BCUT2D eigenvalue weighted by Gasteiger charge is 2.15. The molecule has 100 valence electrons. The molecule has 5 nitrogen and oxygen atoms in total. The third-order valence-corrected chi connectivity index (χ3v) is 2.33. The molecule has 0 aromatic carbocycles. The predicted molar refractivity (Wildman–Crippen MR) is 70.7 cm³/mol. The first-order valence-electron chi connectivity index (χ1n) is 5.92. The van der Waals surface area contributed by atoms with Gasteiger partial charge in [-0.25, -0.2) is 9.97 Å². The van der Waals surface area contributed by atoms with E-state index in [9.17, 15) is 4.79 Å². The molecule has 0 aliphatic rings. The molecule has 0 amide bonds. The van der Waals surface area contributed by atoms with Crippen molar-refractivity contribution in [2.45, 2.75) is 20.8 Å². The average molecular weight is 272 g/mol. The molecule has 0 radical (unpaired) electrons. The number of hydrogen-bond acceptors (Lipinski definition) is 5. The van der Waals surface area contributed by atoms with Gasteiger partial charge in [-0.05, 0) is 30.5 Å². The van der Waals surface area contributed by atoms with E-state index >= 15 is 0 Å². The molecule has 1 aromatic rings. The second-order valence-electron chi connectivity index (χ2n) is 4.26. The lowest BCUT2D eigenvalue weighted by Gasteiger charge is -2.24. The van der Waals surface area contributed by atoms with Crippen molar-refractivity contribution < 1.29 is 9.53 Å². The Morgan fingerprint density at radius 3 is 2.83 bits per heavy atom. The minimum atomic E-state index is -0.270. The molecule has 0 spiro atoms. The normalized spacial score (nSPS) is 10.5. The Hall–Kier alpha value is -1.36. The van der Waals surface area contributed by atoms with Crippen LogP contribution in [0.15, 0.2) is 12.3 Å². The number of rotatable bonds is 6. The van der Waals surface area contributed by atoms with Gasteiger partial charge in [-0.15, -0.1) is 0 Å². The van der Waals surface area contributed by atoms with E-state index in [2.05, 4.69) is 23.8 Å². The number of ether oxygens (including phenoxy) is 1. The van der Waals surface area contributed by atoms with E-state index in [4.69, 9.17) is 16.3 Å². The predicted octanol–water partition coefficient (Wildman–Crippen LogP) is 2.16. The van der Waals surface area contributed by atoms with Gasteiger partial charge in [-0.3, -0.25) is 4.79 Å². The quantitative estimate of drug-likeness (QED) is 0.586. The first-order valence-corrected chi connectivity index (χ1v) is 6.29. The van der Waals surface area contributed by atoms with Crippen molar-refractivity contribution in [3.63, 3.8) is 0 Å². The van der Waals surface area contributed by atoms with Gasteiger partial charge in [0.25, 0.3) is 0 Å². The Labute approximate surface area is 112 Å². The SMILES string of the molecule is CCOC(=O)CN(CC(C)C)c1ccnc(Cl)n1. The second kappa shape index (κ2) is 7.16. The molecule has 6 heteroatoms. The summed E-state index contributed by atoms with van der Waals surface area (Å²) in [5.41, 5.74) is 0. The van der Waals surface area contributed by atoms with Gasteiger partial charge in [-0.2, -0.15) is 0 Å². The van der Waals surface area contributed by atoms with Crippen LogP contribution in [0.3, 0.4) is 0 Å². The van der Waals surface area contributed by atoms with E-state index in [-0.39, 0.29) is 17.8 Å². The summed E-state index contributed by atoms with van der Waals surface area (Å²) in [6, 6.07) is 1.73. The van der Waals surface area contributed by atoms with E-state index in [1.54, 1.807) is 19.2 Å². The number of hydrogen-bond donors (Lipinski definition) is 0. The van der Waals surface area contributed by atoms with Crippen molar-refractivity contribution in [3.8, 4) is 0 Å². The monoisotopic (exact) mass is 271 g/mol. The summed E-state index contributed by atoms with van der Waals surface area (Å²) in [5.74, 6) is 0.762. The van der Waals surface area contributed by atoms with Crippen molar-refractivity contribution in [2.24, 2.45) is 5.92 Å². The molecule has 0 fully saturated rings. The zero-order chi connectivity index (χ0) is 13.5. The molecule has 0 atom stereocenters. The molecule has 0 saturated carbocycles. The van der Waals surface area contributed by atoms with Crippen molar-refractivity contribution in [1.29, 1.82) is 0 Å². The number of carbonyl (C=O) groups is 1. The van der Waals surface area contributed by atoms with Crippen LogP contribution in [-0.2, 0) is 9.53 Å². The van der Waals surface area contributed by atoms with Gasteiger partial charge in [0.1, 0.15) is 12.4 Å². The molecule has 1 heterocycles. The van der Waals surface area contributed by atoms with E-state index in [0.29, 0.717) is 24.9 Å². The highest BCUT2D eigenvalue weighted by atomic mass is 35.5. The van der Waals surface area contributed by atoms with Crippen LogP contribution in [-0.4, -0.2) is 35.6 Å². The standard InChI is InChI=1S/C12H18ClN3O2/c1-4-18-11(17)8-16(7-9(2)3)10-5-6-14-12(13)15-10/h5-6,9H,4,7-8H2,1-3H3. The maximum atomic E-state index is 11.6. The number of anilines is 1. The molecule has 0 aliphatic heterocycles. The lowest BCUT2D eigenvalue weighted by Crippen LogP contribution is -2.34. The summed E-state index contributed by atoms with van der Waals surface area (Å²) in [6.07, 6.45) is 1.57. The summed E-state index contributed by atoms with van der Waals surface area (Å²) in [4.78, 5) is 21.3. The van der Waals surface area contributed by atoms with Crippen LogP contribution in [0, 0.1) is 5.92 Å². The van der Waals surface area contributed by atoms with Crippen LogP contribution < -0.4 is 4.90 Å². The van der Waals surface area contributed by atoms with Gasteiger partial charge in [0.15, 0.2) is 0 Å². The van der Waals surface area contributed by atoms with Gasteiger partial charge >= 0.3 is 5.97 Å². The molecule has 1 aromatic heterocycles. The Morgan fingerprint density at radius 1 is 1.56 bits per heavy atom. The smallest absolute Gasteiger partial charge is 0.325 e. The van der Waals surface area contributed by atoms with Gasteiger partial charge in [0, 0.05) is 12.7 Å². The molecule has 1 rings (SSSR count). The van der Waals surface area contributed by atoms with Gasteiger partial charge < -0.3 is 9.64 Å². The lowest BCUT2D eigenvalue weighted by atomic mass is 10.2. The maximum absolute atomic E-state index is 11.6. The van der Waals surface area contributed by atoms with Gasteiger partial charge in [-0.1, -0.05) is 13.8 Å². The van der Waals surface area contributed by atoms with Crippen molar-refractivity contribution >= 4 is 23.4 Å². The van der Waals surface area contributed by atoms with Gasteiger partial charge in [0.05, 0.1) is 6.61 Å².